The molecule has 1 aliphatic carbocycles. The van der Waals surface area contributed by atoms with Crippen molar-refractivity contribution in [2.45, 2.75) is 31.3 Å². The average Bonchev–Trinajstić information content (AvgIpc) is 3.34. The van der Waals surface area contributed by atoms with Crippen LogP contribution in [0, 0.1) is 0 Å². The Labute approximate surface area is 157 Å². The molecule has 0 bridgehead atoms. The molecule has 0 radical (unpaired) electrons. The lowest BCUT2D eigenvalue weighted by molar-refractivity contribution is -0.149. The minimum absolute atomic E-state index is 0.00213. The molecule has 1 heterocycles. The van der Waals surface area contributed by atoms with Crippen molar-refractivity contribution in [1.29, 1.82) is 0 Å². The third-order valence-electron chi connectivity index (χ3n) is 4.43. The summed E-state index contributed by atoms with van der Waals surface area (Å²) >= 11 is 5.87. The van der Waals surface area contributed by atoms with Crippen LogP contribution in [0.3, 0.4) is 0 Å². The van der Waals surface area contributed by atoms with Gasteiger partial charge in [0.2, 0.25) is 0 Å². The Kier molecular flexibility index (Phi) is 5.67. The number of hydrogen-bond donors (Lipinski definition) is 0. The highest BCUT2D eigenvalue weighted by molar-refractivity contribution is 7.91. The highest BCUT2D eigenvalue weighted by Gasteiger charge is 2.42. The summed E-state index contributed by atoms with van der Waals surface area (Å²) in [4.78, 5) is 25.9. The molecule has 1 amide bonds. The van der Waals surface area contributed by atoms with Crippen LogP contribution in [0.1, 0.15) is 24.8 Å². The molecule has 1 aromatic carbocycles. The number of benzene rings is 1. The van der Waals surface area contributed by atoms with Gasteiger partial charge in [-0.15, -0.1) is 0 Å². The number of carbonyl (C=O) groups is 2. The molecule has 0 aromatic heterocycles. The van der Waals surface area contributed by atoms with Crippen molar-refractivity contribution >= 4 is 39.4 Å². The Hall–Kier alpha value is -1.86. The van der Waals surface area contributed by atoms with Gasteiger partial charge >= 0.3 is 5.97 Å². The molecule has 1 aliphatic heterocycles. The van der Waals surface area contributed by atoms with Crippen LogP contribution >= 0.6 is 11.6 Å². The van der Waals surface area contributed by atoms with Crippen molar-refractivity contribution < 1.29 is 22.7 Å². The summed E-state index contributed by atoms with van der Waals surface area (Å²) in [5, 5.41) is 0.558. The van der Waals surface area contributed by atoms with Gasteiger partial charge in [0.25, 0.3) is 5.91 Å². The van der Waals surface area contributed by atoms with Crippen LogP contribution in [-0.2, 0) is 24.2 Å². The van der Waals surface area contributed by atoms with Crippen LogP contribution in [0.2, 0.25) is 5.02 Å². The van der Waals surface area contributed by atoms with Gasteiger partial charge in [-0.25, -0.2) is 13.2 Å². The molecule has 0 unspecified atom stereocenters. The monoisotopic (exact) mass is 397 g/mol. The number of ether oxygens (including phenoxy) is 1. The molecule has 8 heteroatoms. The summed E-state index contributed by atoms with van der Waals surface area (Å²) in [5.41, 5.74) is 0.747. The van der Waals surface area contributed by atoms with Crippen molar-refractivity contribution in [1.82, 2.24) is 4.90 Å². The molecule has 2 aliphatic rings. The molecule has 140 valence electrons. The Morgan fingerprint density at radius 2 is 2.00 bits per heavy atom. The van der Waals surface area contributed by atoms with Crippen molar-refractivity contribution in [2.24, 2.45) is 0 Å². The van der Waals surface area contributed by atoms with Gasteiger partial charge in [-0.3, -0.25) is 4.79 Å². The molecule has 3 rings (SSSR count). The molecule has 0 spiro atoms. The highest BCUT2D eigenvalue weighted by atomic mass is 35.5. The molecule has 1 atom stereocenters. The third kappa shape index (κ3) is 5.08. The van der Waals surface area contributed by atoms with Crippen molar-refractivity contribution in [3.63, 3.8) is 0 Å². The van der Waals surface area contributed by atoms with E-state index in [0.717, 1.165) is 18.4 Å². The van der Waals surface area contributed by atoms with Gasteiger partial charge in [0.05, 0.1) is 11.5 Å². The van der Waals surface area contributed by atoms with E-state index >= 15 is 0 Å². The van der Waals surface area contributed by atoms with E-state index in [1.165, 1.54) is 6.08 Å². The minimum Gasteiger partial charge on any atom is -0.452 e. The number of carbonyl (C=O) groups excluding carboxylic acids is 2. The molecule has 0 N–H and O–H groups in total. The molecule has 1 saturated carbocycles. The molecule has 6 nitrogen and oxygen atoms in total. The van der Waals surface area contributed by atoms with Gasteiger partial charge in [-0.1, -0.05) is 23.7 Å². The summed E-state index contributed by atoms with van der Waals surface area (Å²) in [7, 11) is -3.08. The number of amides is 1. The third-order valence-corrected chi connectivity index (χ3v) is 6.41. The lowest BCUT2D eigenvalue weighted by Gasteiger charge is -2.28. The molecule has 1 saturated heterocycles. The predicted molar refractivity (Wildman–Crippen MR) is 98.4 cm³/mol. The molecule has 1 aromatic rings. The topological polar surface area (TPSA) is 80.8 Å². The second kappa shape index (κ2) is 7.80. The van der Waals surface area contributed by atoms with Crippen LogP contribution in [0.15, 0.2) is 30.3 Å². The number of nitrogens with zero attached hydrogens (tertiary/aromatic N) is 1. The first kappa shape index (κ1) is 18.9. The quantitative estimate of drug-likeness (QED) is 0.542. The molecular formula is C18H20ClNO5S. The maximum atomic E-state index is 12.5. The van der Waals surface area contributed by atoms with E-state index in [4.69, 9.17) is 16.3 Å². The summed E-state index contributed by atoms with van der Waals surface area (Å²) in [6.07, 6.45) is 4.98. The number of sulfone groups is 1. The number of esters is 1. The minimum atomic E-state index is -3.08. The van der Waals surface area contributed by atoms with Crippen molar-refractivity contribution in [2.75, 3.05) is 18.1 Å². The van der Waals surface area contributed by atoms with E-state index in [0.29, 0.717) is 11.4 Å². The van der Waals surface area contributed by atoms with E-state index in [1.54, 1.807) is 35.2 Å². The average molecular weight is 398 g/mol. The second-order valence-corrected chi connectivity index (χ2v) is 9.25. The Morgan fingerprint density at radius 3 is 2.62 bits per heavy atom. The summed E-state index contributed by atoms with van der Waals surface area (Å²) < 4.78 is 28.4. The predicted octanol–water partition coefficient (Wildman–Crippen LogP) is 2.07. The number of rotatable bonds is 6. The van der Waals surface area contributed by atoms with Crippen LogP contribution in [-0.4, -0.2) is 55.4 Å². The van der Waals surface area contributed by atoms with E-state index in [-0.39, 0.29) is 36.1 Å². The van der Waals surface area contributed by atoms with E-state index in [1.807, 2.05) is 0 Å². The Bertz CT molecular complexity index is 832. The molecular weight excluding hydrogens is 378 g/mol. The van der Waals surface area contributed by atoms with Gasteiger partial charge in [-0.05, 0) is 43.0 Å². The first-order valence-electron chi connectivity index (χ1n) is 8.46. The van der Waals surface area contributed by atoms with Gasteiger partial charge in [0, 0.05) is 23.2 Å². The Balaban J connectivity index is 1.54. The zero-order valence-corrected chi connectivity index (χ0v) is 15.7. The van der Waals surface area contributed by atoms with E-state index < -0.39 is 15.8 Å². The highest BCUT2D eigenvalue weighted by Crippen LogP contribution is 2.32. The molecule has 26 heavy (non-hydrogen) atoms. The lowest BCUT2D eigenvalue weighted by Crippen LogP contribution is -2.44. The number of hydrogen-bond acceptors (Lipinski definition) is 5. The normalized spacial score (nSPS) is 21.7. The maximum Gasteiger partial charge on any atom is 0.331 e. The van der Waals surface area contributed by atoms with E-state index in [2.05, 4.69) is 0 Å². The zero-order chi connectivity index (χ0) is 18.7. The Morgan fingerprint density at radius 1 is 1.23 bits per heavy atom. The van der Waals surface area contributed by atoms with Crippen LogP contribution in [0.25, 0.3) is 6.08 Å². The van der Waals surface area contributed by atoms with Crippen molar-refractivity contribution in [3.05, 3.63) is 40.9 Å². The summed E-state index contributed by atoms with van der Waals surface area (Å²) in [6, 6.07) is 6.75. The first-order valence-corrected chi connectivity index (χ1v) is 10.7. The van der Waals surface area contributed by atoms with Crippen LogP contribution in [0.4, 0.5) is 0 Å². The smallest absolute Gasteiger partial charge is 0.331 e. The molecule has 2 fully saturated rings. The first-order chi connectivity index (χ1) is 12.3. The van der Waals surface area contributed by atoms with Gasteiger partial charge in [0.15, 0.2) is 16.4 Å². The summed E-state index contributed by atoms with van der Waals surface area (Å²) in [5.74, 6) is -0.860. The van der Waals surface area contributed by atoms with Crippen molar-refractivity contribution in [3.8, 4) is 0 Å². The second-order valence-electron chi connectivity index (χ2n) is 6.59. The fourth-order valence-corrected chi connectivity index (χ4v) is 4.99. The fourth-order valence-electron chi connectivity index (χ4n) is 3.08. The maximum absolute atomic E-state index is 12.5. The number of halogens is 1. The zero-order valence-electron chi connectivity index (χ0n) is 14.1. The largest absolute Gasteiger partial charge is 0.452 e. The van der Waals surface area contributed by atoms with Gasteiger partial charge in [0.1, 0.15) is 0 Å². The van der Waals surface area contributed by atoms with Crippen LogP contribution < -0.4 is 0 Å². The van der Waals surface area contributed by atoms with Gasteiger partial charge < -0.3 is 9.64 Å². The summed E-state index contributed by atoms with van der Waals surface area (Å²) in [6.45, 7) is -0.383. The fraction of sp³-hybridized carbons (Fsp3) is 0.444. The lowest BCUT2D eigenvalue weighted by atomic mass is 10.2. The standard InChI is InChI=1S/C18H20ClNO5S/c19-14-3-1-2-13(10-14)4-7-18(22)25-11-17(21)20(15-5-6-15)16-8-9-26(23,24)12-16/h1-4,7,10,15-16H,5-6,8-9,11-12H2/b7-4+/t16-/m0/s1. The van der Waals surface area contributed by atoms with E-state index in [9.17, 15) is 18.0 Å². The van der Waals surface area contributed by atoms with Crippen LogP contribution in [0.5, 0.6) is 0 Å². The SMILES string of the molecule is O=C(/C=C/c1cccc(Cl)c1)OCC(=O)N(C1CC1)[C@H]1CCS(=O)(=O)C1. The van der Waals surface area contributed by atoms with Gasteiger partial charge in [-0.2, -0.15) is 0 Å².